The molecule has 3 nitrogen and oxygen atoms in total. The molecule has 0 aromatic heterocycles. The topological polar surface area (TPSA) is 46.3 Å². The summed E-state index contributed by atoms with van der Waals surface area (Å²) in [7, 11) is 0. The van der Waals surface area contributed by atoms with Crippen molar-refractivity contribution in [2.45, 2.75) is 44.6 Å². The molecule has 1 saturated heterocycles. The first-order valence-electron chi connectivity index (χ1n) is 8.24. The van der Waals surface area contributed by atoms with E-state index in [1.165, 1.54) is 5.56 Å². The maximum atomic E-state index is 12.6. The van der Waals surface area contributed by atoms with E-state index in [9.17, 15) is 4.79 Å². The van der Waals surface area contributed by atoms with Crippen molar-refractivity contribution in [1.82, 2.24) is 4.90 Å². The van der Waals surface area contributed by atoms with E-state index in [-0.39, 0.29) is 24.4 Å². The molecule has 1 aromatic rings. The van der Waals surface area contributed by atoms with Gasteiger partial charge in [-0.05, 0) is 43.1 Å². The van der Waals surface area contributed by atoms with Crippen molar-refractivity contribution in [3.8, 4) is 0 Å². The van der Waals surface area contributed by atoms with Crippen LogP contribution in [-0.4, -0.2) is 29.9 Å². The van der Waals surface area contributed by atoms with E-state index < -0.39 is 0 Å². The van der Waals surface area contributed by atoms with E-state index in [1.807, 2.05) is 0 Å². The zero-order chi connectivity index (χ0) is 14.8. The lowest BCUT2D eigenvalue weighted by molar-refractivity contribution is -0.137. The molecule has 1 saturated carbocycles. The highest BCUT2D eigenvalue weighted by atomic mass is 35.5. The molecule has 4 unspecified atom stereocenters. The van der Waals surface area contributed by atoms with E-state index in [0.29, 0.717) is 17.7 Å². The van der Waals surface area contributed by atoms with Crippen LogP contribution in [0, 0.1) is 11.8 Å². The Bertz CT molecular complexity index is 493. The third-order valence-electron chi connectivity index (χ3n) is 5.27. The van der Waals surface area contributed by atoms with E-state index in [0.717, 1.165) is 38.8 Å². The second kappa shape index (κ2) is 7.47. The molecule has 1 aliphatic heterocycles. The van der Waals surface area contributed by atoms with Gasteiger partial charge in [-0.25, -0.2) is 0 Å². The number of benzene rings is 1. The summed E-state index contributed by atoms with van der Waals surface area (Å²) in [5.41, 5.74) is 7.36. The number of amides is 1. The summed E-state index contributed by atoms with van der Waals surface area (Å²) in [5, 5.41) is 0. The summed E-state index contributed by atoms with van der Waals surface area (Å²) in [5.74, 6) is 1.64. The quantitative estimate of drug-likeness (QED) is 0.909. The summed E-state index contributed by atoms with van der Waals surface area (Å²) < 4.78 is 0. The first-order valence-corrected chi connectivity index (χ1v) is 8.24. The van der Waals surface area contributed by atoms with Gasteiger partial charge in [-0.15, -0.1) is 12.4 Å². The monoisotopic (exact) mass is 322 g/mol. The number of rotatable bonds is 2. The Morgan fingerprint density at radius 2 is 1.91 bits per heavy atom. The van der Waals surface area contributed by atoms with Gasteiger partial charge in [0.25, 0.3) is 0 Å². The minimum atomic E-state index is 0. The largest absolute Gasteiger partial charge is 0.342 e. The Hall–Kier alpha value is -1.06. The van der Waals surface area contributed by atoms with Gasteiger partial charge in [0.2, 0.25) is 5.91 Å². The molecular weight excluding hydrogens is 296 g/mol. The van der Waals surface area contributed by atoms with Crippen LogP contribution < -0.4 is 5.73 Å². The Labute approximate surface area is 139 Å². The van der Waals surface area contributed by atoms with E-state index in [1.54, 1.807) is 0 Å². The average Bonchev–Trinajstić information content (AvgIpc) is 2.94. The summed E-state index contributed by atoms with van der Waals surface area (Å²) in [4.78, 5) is 14.7. The van der Waals surface area contributed by atoms with E-state index >= 15 is 0 Å². The highest BCUT2D eigenvalue weighted by molar-refractivity contribution is 5.85. The van der Waals surface area contributed by atoms with Crippen LogP contribution in [0.1, 0.15) is 44.1 Å². The van der Waals surface area contributed by atoms with Crippen molar-refractivity contribution >= 4 is 18.3 Å². The number of halogens is 1. The molecule has 2 fully saturated rings. The summed E-state index contributed by atoms with van der Waals surface area (Å²) in [6.45, 7) is 4.07. The van der Waals surface area contributed by atoms with Crippen molar-refractivity contribution in [3.05, 3.63) is 35.9 Å². The molecule has 0 spiro atoms. The molecule has 1 heterocycles. The molecule has 2 aliphatic rings. The van der Waals surface area contributed by atoms with Crippen LogP contribution in [0.5, 0.6) is 0 Å². The fourth-order valence-corrected chi connectivity index (χ4v) is 4.04. The molecule has 0 bridgehead atoms. The highest BCUT2D eigenvalue weighted by Crippen LogP contribution is 2.34. The molecule has 22 heavy (non-hydrogen) atoms. The van der Waals surface area contributed by atoms with Crippen molar-refractivity contribution in [2.24, 2.45) is 17.6 Å². The maximum Gasteiger partial charge on any atom is 0.225 e. The molecule has 0 radical (unpaired) electrons. The second-order valence-electron chi connectivity index (χ2n) is 6.84. The molecule has 4 heteroatoms. The van der Waals surface area contributed by atoms with E-state index in [4.69, 9.17) is 5.73 Å². The normalized spacial score (nSPS) is 31.6. The number of likely N-dealkylation sites (tertiary alicyclic amines) is 1. The number of hydrogen-bond acceptors (Lipinski definition) is 2. The van der Waals surface area contributed by atoms with Crippen molar-refractivity contribution in [2.75, 3.05) is 13.1 Å². The summed E-state index contributed by atoms with van der Waals surface area (Å²) in [6, 6.07) is 11.0. The van der Waals surface area contributed by atoms with Crippen molar-refractivity contribution in [3.63, 3.8) is 0 Å². The molecule has 122 valence electrons. The zero-order valence-corrected chi connectivity index (χ0v) is 14.1. The van der Waals surface area contributed by atoms with Crippen LogP contribution in [0.15, 0.2) is 30.3 Å². The first kappa shape index (κ1) is 17.3. The van der Waals surface area contributed by atoms with Crippen molar-refractivity contribution in [1.29, 1.82) is 0 Å². The number of nitrogens with zero attached hydrogens (tertiary/aromatic N) is 1. The minimum Gasteiger partial charge on any atom is -0.342 e. The van der Waals surface area contributed by atoms with Gasteiger partial charge in [0.1, 0.15) is 0 Å². The van der Waals surface area contributed by atoms with Gasteiger partial charge in [-0.3, -0.25) is 4.79 Å². The predicted octanol–water partition coefficient (Wildman–Crippen LogP) is 3.19. The van der Waals surface area contributed by atoms with Gasteiger partial charge in [-0.2, -0.15) is 0 Å². The lowest BCUT2D eigenvalue weighted by Gasteiger charge is -2.38. The number of nitrogens with two attached hydrogens (primary N) is 1. The molecule has 1 amide bonds. The lowest BCUT2D eigenvalue weighted by Crippen LogP contribution is -2.44. The van der Waals surface area contributed by atoms with Gasteiger partial charge in [-0.1, -0.05) is 37.3 Å². The number of carbonyl (C=O) groups is 1. The molecule has 1 aliphatic carbocycles. The summed E-state index contributed by atoms with van der Waals surface area (Å²) in [6.07, 6.45) is 3.95. The SMILES string of the molecule is CC1CN(C(=O)C2CCC(N)C2)CCC1c1ccccc1.Cl. The van der Waals surface area contributed by atoms with Crippen LogP contribution in [0.2, 0.25) is 0 Å². The Kier molecular flexibility index (Phi) is 5.87. The molecule has 2 N–H and O–H groups in total. The molecule has 4 atom stereocenters. The zero-order valence-electron chi connectivity index (χ0n) is 13.3. The Morgan fingerprint density at radius 3 is 2.50 bits per heavy atom. The van der Waals surface area contributed by atoms with E-state index in [2.05, 4.69) is 42.2 Å². The first-order chi connectivity index (χ1) is 10.1. The lowest BCUT2D eigenvalue weighted by atomic mass is 9.81. The van der Waals surface area contributed by atoms with Gasteiger partial charge in [0.05, 0.1) is 0 Å². The van der Waals surface area contributed by atoms with Crippen LogP contribution >= 0.6 is 12.4 Å². The average molecular weight is 323 g/mol. The smallest absolute Gasteiger partial charge is 0.225 e. The van der Waals surface area contributed by atoms with Gasteiger partial charge >= 0.3 is 0 Å². The van der Waals surface area contributed by atoms with Crippen LogP contribution in [-0.2, 0) is 4.79 Å². The molecule has 3 rings (SSSR count). The fourth-order valence-electron chi connectivity index (χ4n) is 4.04. The minimum absolute atomic E-state index is 0. The standard InChI is InChI=1S/C18H26N2O.ClH/c1-13-12-20(18(21)15-7-8-16(19)11-15)10-9-17(13)14-5-3-2-4-6-14;/h2-6,13,15-17H,7-12,19H2,1H3;1H. The third kappa shape index (κ3) is 3.64. The van der Waals surface area contributed by atoms with Crippen LogP contribution in [0.3, 0.4) is 0 Å². The second-order valence-corrected chi connectivity index (χ2v) is 6.84. The van der Waals surface area contributed by atoms with Crippen LogP contribution in [0.25, 0.3) is 0 Å². The van der Waals surface area contributed by atoms with Crippen molar-refractivity contribution < 1.29 is 4.79 Å². The van der Waals surface area contributed by atoms with Gasteiger partial charge in [0.15, 0.2) is 0 Å². The number of carbonyl (C=O) groups excluding carboxylic acids is 1. The maximum absolute atomic E-state index is 12.6. The third-order valence-corrected chi connectivity index (χ3v) is 5.27. The van der Waals surface area contributed by atoms with Crippen LogP contribution in [0.4, 0.5) is 0 Å². The highest BCUT2D eigenvalue weighted by Gasteiger charge is 2.35. The molecule has 1 aromatic carbocycles. The Morgan fingerprint density at radius 1 is 1.18 bits per heavy atom. The summed E-state index contributed by atoms with van der Waals surface area (Å²) >= 11 is 0. The fraction of sp³-hybridized carbons (Fsp3) is 0.611. The van der Waals surface area contributed by atoms with Gasteiger partial charge < -0.3 is 10.6 Å². The number of hydrogen-bond donors (Lipinski definition) is 1. The molecular formula is C18H27ClN2O. The predicted molar refractivity (Wildman–Crippen MR) is 92.1 cm³/mol. The van der Waals surface area contributed by atoms with Gasteiger partial charge in [0, 0.05) is 25.0 Å². The Balaban J connectivity index is 0.00000176. The number of piperidine rings is 1.